The van der Waals surface area contributed by atoms with Crippen molar-refractivity contribution < 1.29 is 19.5 Å². The topological polar surface area (TPSA) is 86.7 Å². The quantitative estimate of drug-likeness (QED) is 0.398. The van der Waals surface area contributed by atoms with Crippen molar-refractivity contribution in [3.63, 3.8) is 0 Å². The molecule has 5 atom stereocenters. The molecule has 2 aromatic carbocycles. The maximum atomic E-state index is 13.9. The second-order valence-corrected chi connectivity index (χ2v) is 10.9. The van der Waals surface area contributed by atoms with Gasteiger partial charge in [0.25, 0.3) is 0 Å². The van der Waals surface area contributed by atoms with E-state index in [9.17, 15) is 19.5 Å². The third-order valence-electron chi connectivity index (χ3n) is 8.88. The highest BCUT2D eigenvalue weighted by molar-refractivity contribution is 6.09. The number of benzene rings is 2. The van der Waals surface area contributed by atoms with Gasteiger partial charge in [-0.25, -0.2) is 0 Å². The van der Waals surface area contributed by atoms with Crippen LogP contribution in [0, 0.1) is 17.8 Å². The number of likely N-dealkylation sites (tertiary alicyclic amines) is 1. The predicted molar refractivity (Wildman–Crippen MR) is 143 cm³/mol. The summed E-state index contributed by atoms with van der Waals surface area (Å²) in [4.78, 5) is 42.1. The van der Waals surface area contributed by atoms with Crippen molar-refractivity contribution in [3.05, 3.63) is 71.3 Å². The fourth-order valence-electron chi connectivity index (χ4n) is 6.70. The van der Waals surface area contributed by atoms with Crippen molar-refractivity contribution >= 4 is 29.9 Å². The average molecular weight is 501 g/mol. The van der Waals surface area contributed by atoms with Gasteiger partial charge in [0.05, 0.1) is 11.8 Å². The molecule has 2 amide bonds. The Labute approximate surface area is 218 Å². The molecule has 2 aromatic rings. The van der Waals surface area contributed by atoms with Gasteiger partial charge in [-0.3, -0.25) is 24.6 Å². The summed E-state index contributed by atoms with van der Waals surface area (Å²) >= 11 is 0. The number of carboxylic acids is 1. The van der Waals surface area contributed by atoms with E-state index in [2.05, 4.69) is 5.32 Å². The molecule has 0 aromatic heterocycles. The molecule has 37 heavy (non-hydrogen) atoms. The first-order valence-electron chi connectivity index (χ1n) is 13.6. The Bertz CT molecular complexity index is 1190. The molecule has 194 valence electrons. The monoisotopic (exact) mass is 500 g/mol. The number of nitrogens with one attached hydrogen (secondary N) is 1. The molecule has 0 spiro atoms. The highest BCUT2D eigenvalue weighted by Gasteiger charge is 2.70. The van der Waals surface area contributed by atoms with Gasteiger partial charge in [0.1, 0.15) is 5.54 Å². The largest absolute Gasteiger partial charge is 0.480 e. The number of fused-ring (bicyclic) bond motifs is 1. The summed E-state index contributed by atoms with van der Waals surface area (Å²) in [6.45, 7) is 3.81. The number of carbonyl (C=O) groups excluding carboxylic acids is 2. The molecular weight excluding hydrogens is 464 g/mol. The number of amides is 2. The van der Waals surface area contributed by atoms with Gasteiger partial charge in [0.2, 0.25) is 11.8 Å². The molecule has 0 radical (unpaired) electrons. The van der Waals surface area contributed by atoms with Crippen molar-refractivity contribution in [2.75, 3.05) is 0 Å². The summed E-state index contributed by atoms with van der Waals surface area (Å²) < 4.78 is 0. The van der Waals surface area contributed by atoms with Gasteiger partial charge >= 0.3 is 5.97 Å². The average Bonchev–Trinajstić information content (AvgIpc) is 3.42. The Hall–Kier alpha value is -3.25. The van der Waals surface area contributed by atoms with E-state index in [-0.39, 0.29) is 23.8 Å². The van der Waals surface area contributed by atoms with Crippen LogP contribution in [0.2, 0.25) is 0 Å². The number of carbonyl (C=O) groups is 3. The lowest BCUT2D eigenvalue weighted by Crippen LogP contribution is -2.60. The van der Waals surface area contributed by atoms with Gasteiger partial charge in [0, 0.05) is 12.1 Å². The van der Waals surface area contributed by atoms with Crippen LogP contribution in [0.4, 0.5) is 0 Å². The van der Waals surface area contributed by atoms with Crippen molar-refractivity contribution in [3.8, 4) is 0 Å². The first kappa shape index (κ1) is 25.4. The Morgan fingerprint density at radius 1 is 1.00 bits per heavy atom. The van der Waals surface area contributed by atoms with E-state index in [0.29, 0.717) is 6.42 Å². The molecule has 2 N–H and O–H groups in total. The fourth-order valence-corrected chi connectivity index (χ4v) is 6.70. The van der Waals surface area contributed by atoms with Crippen LogP contribution in [-0.4, -0.2) is 39.4 Å². The van der Waals surface area contributed by atoms with Crippen LogP contribution in [-0.2, 0) is 14.4 Å². The van der Waals surface area contributed by atoms with Gasteiger partial charge in [-0.2, -0.15) is 0 Å². The molecule has 0 bridgehead atoms. The second kappa shape index (κ2) is 10.3. The van der Waals surface area contributed by atoms with Crippen molar-refractivity contribution in [2.24, 2.45) is 17.8 Å². The summed E-state index contributed by atoms with van der Waals surface area (Å²) in [6.07, 6.45) is 9.36. The van der Waals surface area contributed by atoms with E-state index in [0.717, 1.165) is 48.8 Å². The molecule has 5 rings (SSSR count). The van der Waals surface area contributed by atoms with Gasteiger partial charge < -0.3 is 5.11 Å². The normalized spacial score (nSPS) is 29.1. The number of aliphatic carboxylic acids is 1. The number of hydrogen-bond donors (Lipinski definition) is 2. The molecule has 3 fully saturated rings. The highest BCUT2D eigenvalue weighted by atomic mass is 16.4. The first-order valence-corrected chi connectivity index (χ1v) is 13.6. The van der Waals surface area contributed by atoms with E-state index in [4.69, 9.17) is 0 Å². The zero-order valence-electron chi connectivity index (χ0n) is 21.6. The summed E-state index contributed by atoms with van der Waals surface area (Å²) in [5.41, 5.74) is 1.47. The van der Waals surface area contributed by atoms with Crippen LogP contribution >= 0.6 is 0 Å². The molecule has 1 saturated carbocycles. The van der Waals surface area contributed by atoms with Crippen molar-refractivity contribution in [2.45, 2.75) is 70.0 Å². The number of carboxylic acid groups (broad SMARTS) is 1. The van der Waals surface area contributed by atoms with E-state index < -0.39 is 29.4 Å². The highest BCUT2D eigenvalue weighted by Crippen LogP contribution is 2.53. The molecule has 6 heteroatoms. The van der Waals surface area contributed by atoms with Crippen LogP contribution in [0.15, 0.2) is 54.6 Å². The smallest absolute Gasteiger partial charge is 0.325 e. The molecule has 2 saturated heterocycles. The number of imide groups is 1. The first-order chi connectivity index (χ1) is 17.9. The Morgan fingerprint density at radius 3 is 2.22 bits per heavy atom. The zero-order chi connectivity index (χ0) is 26.2. The number of rotatable bonds is 7. The van der Waals surface area contributed by atoms with Crippen LogP contribution in [0.25, 0.3) is 12.2 Å². The SMILES string of the molecule is CCC(C)C1(C(=O)O)NC(c2ccc(C=Cc3ccccc3)cc2)C2C(=O)N(C3CCCCC3)C(=O)C21. The second-order valence-electron chi connectivity index (χ2n) is 10.9. The van der Waals surface area contributed by atoms with Crippen molar-refractivity contribution in [1.29, 1.82) is 0 Å². The Morgan fingerprint density at radius 2 is 1.62 bits per heavy atom. The molecule has 3 aliphatic rings. The van der Waals surface area contributed by atoms with Crippen LogP contribution in [0.3, 0.4) is 0 Å². The molecule has 2 aliphatic heterocycles. The van der Waals surface area contributed by atoms with Gasteiger partial charge in [-0.05, 0) is 35.4 Å². The van der Waals surface area contributed by atoms with Crippen LogP contribution in [0.5, 0.6) is 0 Å². The van der Waals surface area contributed by atoms with Crippen LogP contribution in [0.1, 0.15) is 75.1 Å². The van der Waals surface area contributed by atoms with Crippen LogP contribution < -0.4 is 5.32 Å². The lowest BCUT2D eigenvalue weighted by Gasteiger charge is -2.37. The minimum Gasteiger partial charge on any atom is -0.480 e. The third-order valence-corrected chi connectivity index (χ3v) is 8.88. The number of nitrogens with zero attached hydrogens (tertiary/aromatic N) is 1. The molecule has 6 nitrogen and oxygen atoms in total. The van der Waals surface area contributed by atoms with Crippen molar-refractivity contribution in [1.82, 2.24) is 10.2 Å². The lowest BCUT2D eigenvalue weighted by atomic mass is 9.72. The van der Waals surface area contributed by atoms with E-state index in [1.54, 1.807) is 0 Å². The summed E-state index contributed by atoms with van der Waals surface area (Å²) in [5, 5.41) is 13.9. The van der Waals surface area contributed by atoms with Gasteiger partial charge in [-0.1, -0.05) is 106 Å². The predicted octanol–water partition coefficient (Wildman–Crippen LogP) is 5.30. The standard InChI is InChI=1S/C31H36N2O4/c1-3-20(2)31(30(36)37)26-25(28(34)33(29(26)35)24-12-8-5-9-13-24)27(32-31)23-18-16-22(17-19-23)15-14-21-10-6-4-7-11-21/h4,6-7,10-11,14-20,24-27,32H,3,5,8-9,12-13H2,1-2H3,(H,36,37). The minimum atomic E-state index is -1.48. The zero-order valence-corrected chi connectivity index (χ0v) is 21.6. The Kier molecular flexibility index (Phi) is 7.04. The molecule has 1 aliphatic carbocycles. The third kappa shape index (κ3) is 4.31. The Balaban J connectivity index is 1.50. The van der Waals surface area contributed by atoms with E-state index in [1.807, 2.05) is 80.6 Å². The van der Waals surface area contributed by atoms with E-state index >= 15 is 0 Å². The van der Waals surface area contributed by atoms with Gasteiger partial charge in [0.15, 0.2) is 0 Å². The fraction of sp³-hybridized carbons (Fsp3) is 0.452. The number of hydrogen-bond acceptors (Lipinski definition) is 4. The maximum absolute atomic E-state index is 13.9. The molecule has 2 heterocycles. The van der Waals surface area contributed by atoms with Gasteiger partial charge in [-0.15, -0.1) is 0 Å². The lowest BCUT2D eigenvalue weighted by molar-refractivity contribution is -0.155. The summed E-state index contributed by atoms with van der Waals surface area (Å²) in [6, 6.07) is 17.3. The summed E-state index contributed by atoms with van der Waals surface area (Å²) in [5.74, 6) is -3.50. The minimum absolute atomic E-state index is 0.117. The molecule has 5 unspecified atom stereocenters. The summed E-state index contributed by atoms with van der Waals surface area (Å²) in [7, 11) is 0. The van der Waals surface area contributed by atoms with E-state index in [1.165, 1.54) is 4.90 Å². The molecular formula is C31H36N2O4. The maximum Gasteiger partial charge on any atom is 0.325 e.